The number of nitrogens with zero attached hydrogens (tertiary/aromatic N) is 2. The highest BCUT2D eigenvalue weighted by atomic mass is 79.9. The van der Waals surface area contributed by atoms with E-state index in [-0.39, 0.29) is 27.5 Å². The molecule has 10 heteroatoms. The van der Waals surface area contributed by atoms with Crippen molar-refractivity contribution in [3.05, 3.63) is 45.8 Å². The van der Waals surface area contributed by atoms with Crippen LogP contribution in [0.25, 0.3) is 0 Å². The molecule has 2 unspecified atom stereocenters. The Bertz CT molecular complexity index is 1040. The number of carbonyl (C=O) groups excluding carboxylic acids is 2. The summed E-state index contributed by atoms with van der Waals surface area (Å²) in [5.74, 6) is -0.350. The lowest BCUT2D eigenvalue weighted by Crippen LogP contribution is -2.24. The average Bonchev–Trinajstić information content (AvgIpc) is 3.05. The number of nitrogens with one attached hydrogen (secondary N) is 1. The Morgan fingerprint density at radius 1 is 1.34 bits per heavy atom. The minimum atomic E-state index is -3.48. The molecule has 1 aliphatic carbocycles. The fourth-order valence-electron chi connectivity index (χ4n) is 3.44. The fraction of sp³-hybridized carbons (Fsp3) is 0.368. The maximum absolute atomic E-state index is 13.0. The molecular weight excluding hydrogens is 482 g/mol. The highest BCUT2D eigenvalue weighted by Crippen LogP contribution is 2.35. The number of sulfone groups is 1. The van der Waals surface area contributed by atoms with Crippen LogP contribution in [0, 0.1) is 5.92 Å². The molecule has 7 nitrogen and oxygen atoms in total. The van der Waals surface area contributed by atoms with Gasteiger partial charge in [0.1, 0.15) is 10.4 Å². The summed E-state index contributed by atoms with van der Waals surface area (Å²) in [5.41, 5.74) is 0.587. The first-order chi connectivity index (χ1) is 13.6. The lowest BCUT2D eigenvalue weighted by molar-refractivity contribution is -0.119. The summed E-state index contributed by atoms with van der Waals surface area (Å²) in [7, 11) is -3.48. The zero-order chi connectivity index (χ0) is 21.2. The van der Waals surface area contributed by atoms with Gasteiger partial charge in [0.15, 0.2) is 15.7 Å². The van der Waals surface area contributed by atoms with E-state index in [0.29, 0.717) is 35.2 Å². The Morgan fingerprint density at radius 2 is 2.10 bits per heavy atom. The first-order valence-electron chi connectivity index (χ1n) is 8.93. The van der Waals surface area contributed by atoms with Gasteiger partial charge in [-0.3, -0.25) is 9.59 Å². The van der Waals surface area contributed by atoms with Crippen LogP contribution in [0.1, 0.15) is 37.2 Å². The maximum Gasteiger partial charge on any atom is 0.233 e. The lowest BCUT2D eigenvalue weighted by Gasteiger charge is -2.21. The number of rotatable bonds is 6. The van der Waals surface area contributed by atoms with Crippen molar-refractivity contribution in [3.63, 3.8) is 0 Å². The van der Waals surface area contributed by atoms with Crippen molar-refractivity contribution >= 4 is 54.9 Å². The van der Waals surface area contributed by atoms with Gasteiger partial charge < -0.3 is 5.32 Å². The van der Waals surface area contributed by atoms with Gasteiger partial charge in [-0.15, -0.1) is 0 Å². The quantitative estimate of drug-likeness (QED) is 0.647. The van der Waals surface area contributed by atoms with Crippen molar-refractivity contribution in [3.8, 4) is 0 Å². The van der Waals surface area contributed by atoms with Crippen molar-refractivity contribution in [1.82, 2.24) is 9.97 Å². The van der Waals surface area contributed by atoms with Crippen LogP contribution in [0.5, 0.6) is 0 Å². The largest absolute Gasteiger partial charge is 0.309 e. The molecule has 0 radical (unpaired) electrons. The number of ketones is 1. The minimum absolute atomic E-state index is 0.0110. The normalized spacial score (nSPS) is 17.9. The predicted octanol–water partition coefficient (Wildman–Crippen LogP) is 3.78. The molecule has 29 heavy (non-hydrogen) atoms. The predicted molar refractivity (Wildman–Crippen MR) is 113 cm³/mol. The monoisotopic (exact) mass is 499 g/mol. The Balaban J connectivity index is 1.89. The molecule has 1 saturated carbocycles. The second-order valence-electron chi connectivity index (χ2n) is 7.11. The van der Waals surface area contributed by atoms with Crippen molar-refractivity contribution in [2.75, 3.05) is 11.6 Å². The van der Waals surface area contributed by atoms with Gasteiger partial charge in [0.05, 0.1) is 28.2 Å². The van der Waals surface area contributed by atoms with Crippen LogP contribution in [0.3, 0.4) is 0 Å². The Morgan fingerprint density at radius 3 is 2.66 bits per heavy atom. The van der Waals surface area contributed by atoms with E-state index in [4.69, 9.17) is 11.6 Å². The van der Waals surface area contributed by atoms with Crippen LogP contribution in [0.4, 0.5) is 5.82 Å². The average molecular weight is 501 g/mol. The van der Waals surface area contributed by atoms with Crippen LogP contribution < -0.4 is 5.32 Å². The van der Waals surface area contributed by atoms with Gasteiger partial charge in [-0.25, -0.2) is 18.4 Å². The van der Waals surface area contributed by atoms with E-state index in [1.54, 1.807) is 6.07 Å². The standard InChI is InChI=1S/C19H19BrClN3O4S/c1-29(27,28)16-5-3-12(8-15(16)21)14(7-11-2-4-13(25)6-11)19(26)24-18-10-22-17(20)9-23-18/h3,5,8-11,14H,2,4,6-7H2,1H3,(H,23,24,26). The van der Waals surface area contributed by atoms with Gasteiger partial charge in [-0.2, -0.15) is 0 Å². The third-order valence-electron chi connectivity index (χ3n) is 4.86. The van der Waals surface area contributed by atoms with E-state index in [2.05, 4.69) is 31.2 Å². The number of hydrogen-bond donors (Lipinski definition) is 1. The zero-order valence-corrected chi connectivity index (χ0v) is 18.7. The zero-order valence-electron chi connectivity index (χ0n) is 15.6. The van der Waals surface area contributed by atoms with E-state index < -0.39 is 15.8 Å². The molecule has 0 aliphatic heterocycles. The van der Waals surface area contributed by atoms with E-state index in [1.807, 2.05) is 0 Å². The summed E-state index contributed by atoms with van der Waals surface area (Å²) < 4.78 is 24.2. The maximum atomic E-state index is 13.0. The highest BCUT2D eigenvalue weighted by molar-refractivity contribution is 9.10. The van der Waals surface area contributed by atoms with Crippen LogP contribution in [-0.4, -0.2) is 36.3 Å². The van der Waals surface area contributed by atoms with E-state index >= 15 is 0 Å². The van der Waals surface area contributed by atoms with Gasteiger partial charge in [-0.05, 0) is 52.4 Å². The third-order valence-corrected chi connectivity index (χ3v) is 6.85. The molecule has 0 saturated heterocycles. The summed E-state index contributed by atoms with van der Waals surface area (Å²) >= 11 is 9.38. The van der Waals surface area contributed by atoms with Crippen LogP contribution in [0.2, 0.25) is 5.02 Å². The van der Waals surface area contributed by atoms with Gasteiger partial charge in [-0.1, -0.05) is 17.7 Å². The molecule has 2 atom stereocenters. The van der Waals surface area contributed by atoms with Crippen molar-refractivity contribution < 1.29 is 18.0 Å². The molecule has 1 aromatic heterocycles. The summed E-state index contributed by atoms with van der Waals surface area (Å²) in [4.78, 5) is 32.8. The molecule has 0 bridgehead atoms. The summed E-state index contributed by atoms with van der Waals surface area (Å²) in [5, 5.41) is 2.80. The highest BCUT2D eigenvalue weighted by Gasteiger charge is 2.30. The number of halogens is 2. The van der Waals surface area contributed by atoms with E-state index in [1.165, 1.54) is 24.5 Å². The van der Waals surface area contributed by atoms with Gasteiger partial charge in [0, 0.05) is 19.1 Å². The molecule has 1 heterocycles. The van der Waals surface area contributed by atoms with Crippen LogP contribution in [-0.2, 0) is 19.4 Å². The van der Waals surface area contributed by atoms with E-state index in [9.17, 15) is 18.0 Å². The topological polar surface area (TPSA) is 106 Å². The second kappa shape index (κ2) is 8.89. The number of aromatic nitrogens is 2. The lowest BCUT2D eigenvalue weighted by atomic mass is 9.87. The second-order valence-corrected chi connectivity index (χ2v) is 10.3. The molecular formula is C19H19BrClN3O4S. The molecule has 2 aromatic rings. The Kier molecular flexibility index (Phi) is 6.70. The van der Waals surface area contributed by atoms with Gasteiger partial charge in [0.2, 0.25) is 5.91 Å². The molecule has 3 rings (SSSR count). The molecule has 0 spiro atoms. The van der Waals surface area contributed by atoms with Crippen LogP contribution in [0.15, 0.2) is 40.1 Å². The smallest absolute Gasteiger partial charge is 0.233 e. The molecule has 1 fully saturated rings. The summed E-state index contributed by atoms with van der Waals surface area (Å²) in [6.45, 7) is 0. The SMILES string of the molecule is CS(=O)(=O)c1ccc(C(CC2CCC(=O)C2)C(=O)Nc2cnc(Br)cn2)cc1Cl. The number of Topliss-reactive ketones (excluding diaryl/α,β-unsaturated/α-hetero) is 1. The minimum Gasteiger partial charge on any atom is -0.309 e. The molecule has 1 N–H and O–H groups in total. The first-order valence-corrected chi connectivity index (χ1v) is 12.0. The third kappa shape index (κ3) is 5.61. The number of amides is 1. The number of hydrogen-bond acceptors (Lipinski definition) is 6. The summed E-state index contributed by atoms with van der Waals surface area (Å²) in [6.07, 6.45) is 6.12. The number of benzene rings is 1. The van der Waals surface area contributed by atoms with Crippen molar-refractivity contribution in [2.24, 2.45) is 5.92 Å². The molecule has 1 aromatic carbocycles. The Labute approximate surface area is 182 Å². The summed E-state index contributed by atoms with van der Waals surface area (Å²) in [6, 6.07) is 4.51. The van der Waals surface area contributed by atoms with Crippen molar-refractivity contribution in [2.45, 2.75) is 36.5 Å². The number of carbonyl (C=O) groups is 2. The van der Waals surface area contributed by atoms with Gasteiger partial charge >= 0.3 is 0 Å². The molecule has 1 amide bonds. The first kappa shape index (κ1) is 21.9. The molecule has 154 valence electrons. The Hall–Kier alpha value is -1.84. The fourth-order valence-corrected chi connectivity index (χ4v) is 4.99. The molecule has 1 aliphatic rings. The number of anilines is 1. The van der Waals surface area contributed by atoms with Crippen molar-refractivity contribution in [1.29, 1.82) is 0 Å². The van der Waals surface area contributed by atoms with Crippen LogP contribution >= 0.6 is 27.5 Å². The van der Waals surface area contributed by atoms with Gasteiger partial charge in [0.25, 0.3) is 0 Å². The van der Waals surface area contributed by atoms with E-state index in [0.717, 1.165) is 12.7 Å².